The van der Waals surface area contributed by atoms with E-state index in [9.17, 15) is 4.57 Å². The standard InChI is InChI=1S/C33H69OP/c1-4-7-10-13-16-19-22-25-28-31-35(34,32-29-26-23-20-17-14-11-8-5-2)33-30-27-24-21-18-15-12-9-6-3/h4-33H2,1-3H3. The molecule has 0 bridgehead atoms. The van der Waals surface area contributed by atoms with Crippen LogP contribution in [0.1, 0.15) is 194 Å². The van der Waals surface area contributed by atoms with Crippen LogP contribution in [0.4, 0.5) is 0 Å². The Labute approximate surface area is 224 Å². The monoisotopic (exact) mass is 513 g/mol. The van der Waals surface area contributed by atoms with Gasteiger partial charge in [0.2, 0.25) is 0 Å². The normalized spacial score (nSPS) is 12.0. The van der Waals surface area contributed by atoms with Gasteiger partial charge in [0.1, 0.15) is 0 Å². The first-order chi connectivity index (χ1) is 17.2. The summed E-state index contributed by atoms with van der Waals surface area (Å²) in [5.41, 5.74) is 0. The first kappa shape index (κ1) is 35.2. The van der Waals surface area contributed by atoms with E-state index >= 15 is 0 Å². The summed E-state index contributed by atoms with van der Waals surface area (Å²) in [6.07, 6.45) is 40.0. The van der Waals surface area contributed by atoms with Crippen LogP contribution in [0.3, 0.4) is 0 Å². The van der Waals surface area contributed by atoms with Gasteiger partial charge in [-0.25, -0.2) is 0 Å². The molecule has 0 fully saturated rings. The SMILES string of the molecule is CCCCCCCCCCCP(=O)(CCCCCCCCCCC)CCCCCCCCCCC. The second kappa shape index (κ2) is 28.8. The molecule has 0 saturated heterocycles. The van der Waals surface area contributed by atoms with Crippen molar-refractivity contribution < 1.29 is 4.57 Å². The molecule has 0 aromatic carbocycles. The van der Waals surface area contributed by atoms with Crippen molar-refractivity contribution >= 4 is 7.14 Å². The quantitative estimate of drug-likeness (QED) is 0.0690. The highest BCUT2D eigenvalue weighted by Gasteiger charge is 2.20. The van der Waals surface area contributed by atoms with Gasteiger partial charge in [0, 0.05) is 18.5 Å². The maximum Gasteiger partial charge on any atom is 0.0877 e. The van der Waals surface area contributed by atoms with E-state index in [1.165, 1.54) is 173 Å². The highest BCUT2D eigenvalue weighted by atomic mass is 31.2. The molecule has 1 nitrogen and oxygen atoms in total. The molecule has 35 heavy (non-hydrogen) atoms. The lowest BCUT2D eigenvalue weighted by Crippen LogP contribution is -2.02. The average molecular weight is 513 g/mol. The molecule has 0 N–H and O–H groups in total. The van der Waals surface area contributed by atoms with Crippen molar-refractivity contribution in [2.24, 2.45) is 0 Å². The number of hydrogen-bond acceptors (Lipinski definition) is 1. The van der Waals surface area contributed by atoms with Crippen LogP contribution in [0.15, 0.2) is 0 Å². The molecule has 0 aliphatic carbocycles. The molecule has 0 heterocycles. The first-order valence-electron chi connectivity index (χ1n) is 16.8. The van der Waals surface area contributed by atoms with Crippen LogP contribution in [0.2, 0.25) is 0 Å². The molecule has 0 spiro atoms. The van der Waals surface area contributed by atoms with Crippen LogP contribution >= 0.6 is 7.14 Å². The lowest BCUT2D eigenvalue weighted by atomic mass is 10.1. The van der Waals surface area contributed by atoms with Gasteiger partial charge < -0.3 is 4.57 Å². The largest absolute Gasteiger partial charge is 0.324 e. The first-order valence-corrected chi connectivity index (χ1v) is 19.0. The Morgan fingerprint density at radius 3 is 0.657 bits per heavy atom. The Hall–Kier alpha value is 0.230. The fraction of sp³-hybridized carbons (Fsp3) is 1.00. The van der Waals surface area contributed by atoms with Crippen LogP contribution in [-0.2, 0) is 4.57 Å². The third-order valence-electron chi connectivity index (χ3n) is 8.01. The van der Waals surface area contributed by atoms with E-state index in [1.54, 1.807) is 0 Å². The van der Waals surface area contributed by atoms with Crippen molar-refractivity contribution in [2.45, 2.75) is 194 Å². The van der Waals surface area contributed by atoms with E-state index < -0.39 is 7.14 Å². The Morgan fingerprint density at radius 2 is 0.457 bits per heavy atom. The summed E-state index contributed by atoms with van der Waals surface area (Å²) in [7, 11) is -1.93. The second-order valence-electron chi connectivity index (χ2n) is 11.7. The highest BCUT2D eigenvalue weighted by molar-refractivity contribution is 7.63. The van der Waals surface area contributed by atoms with Gasteiger partial charge in [-0.2, -0.15) is 0 Å². The maximum atomic E-state index is 13.8. The highest BCUT2D eigenvalue weighted by Crippen LogP contribution is 2.48. The second-order valence-corrected chi connectivity index (χ2v) is 15.2. The summed E-state index contributed by atoms with van der Waals surface area (Å²) in [4.78, 5) is 0. The fourth-order valence-electron chi connectivity index (χ4n) is 5.47. The molecule has 0 unspecified atom stereocenters. The van der Waals surface area contributed by atoms with Crippen LogP contribution in [-0.4, -0.2) is 18.5 Å². The molecule has 0 amide bonds. The van der Waals surface area contributed by atoms with Gasteiger partial charge in [-0.3, -0.25) is 0 Å². The van der Waals surface area contributed by atoms with Crippen molar-refractivity contribution in [2.75, 3.05) is 18.5 Å². The Balaban J connectivity index is 4.06. The Morgan fingerprint density at radius 1 is 0.286 bits per heavy atom. The molecule has 0 aromatic heterocycles. The molecular formula is C33H69OP. The van der Waals surface area contributed by atoms with E-state index in [1.807, 2.05) is 0 Å². The van der Waals surface area contributed by atoms with Crippen LogP contribution < -0.4 is 0 Å². The minimum Gasteiger partial charge on any atom is -0.324 e. The average Bonchev–Trinajstić information content (AvgIpc) is 2.86. The zero-order chi connectivity index (χ0) is 25.7. The maximum absolute atomic E-state index is 13.8. The third-order valence-corrected chi connectivity index (χ3v) is 11.4. The van der Waals surface area contributed by atoms with E-state index in [0.29, 0.717) is 0 Å². The van der Waals surface area contributed by atoms with Gasteiger partial charge in [-0.1, -0.05) is 175 Å². The van der Waals surface area contributed by atoms with Crippen molar-refractivity contribution in [1.82, 2.24) is 0 Å². The van der Waals surface area contributed by atoms with Crippen molar-refractivity contribution in [3.8, 4) is 0 Å². The zero-order valence-corrected chi connectivity index (χ0v) is 26.0. The minimum atomic E-state index is -1.93. The third kappa shape index (κ3) is 27.1. The van der Waals surface area contributed by atoms with Gasteiger partial charge in [-0.05, 0) is 19.3 Å². The molecule has 0 radical (unpaired) electrons. The van der Waals surface area contributed by atoms with Crippen LogP contribution in [0.25, 0.3) is 0 Å². The van der Waals surface area contributed by atoms with E-state index in [0.717, 1.165) is 18.5 Å². The van der Waals surface area contributed by atoms with Crippen molar-refractivity contribution in [3.63, 3.8) is 0 Å². The molecule has 0 atom stereocenters. The van der Waals surface area contributed by atoms with E-state index in [4.69, 9.17) is 0 Å². The summed E-state index contributed by atoms with van der Waals surface area (Å²) in [6.45, 7) is 6.88. The van der Waals surface area contributed by atoms with E-state index in [-0.39, 0.29) is 0 Å². The molecule has 0 saturated carbocycles. The lowest BCUT2D eigenvalue weighted by Gasteiger charge is -2.19. The number of rotatable bonds is 30. The lowest BCUT2D eigenvalue weighted by molar-refractivity contribution is 0.546. The van der Waals surface area contributed by atoms with Gasteiger partial charge >= 0.3 is 0 Å². The van der Waals surface area contributed by atoms with Crippen LogP contribution in [0.5, 0.6) is 0 Å². The Kier molecular flexibility index (Phi) is 29.0. The molecular weight excluding hydrogens is 443 g/mol. The van der Waals surface area contributed by atoms with Crippen molar-refractivity contribution in [3.05, 3.63) is 0 Å². The molecule has 0 aliphatic rings. The molecule has 0 aliphatic heterocycles. The summed E-state index contributed by atoms with van der Waals surface area (Å²) in [5, 5.41) is 0. The van der Waals surface area contributed by atoms with Gasteiger partial charge in [0.05, 0.1) is 7.14 Å². The predicted molar refractivity (Wildman–Crippen MR) is 164 cm³/mol. The topological polar surface area (TPSA) is 17.1 Å². The summed E-state index contributed by atoms with van der Waals surface area (Å²) >= 11 is 0. The molecule has 212 valence electrons. The van der Waals surface area contributed by atoms with E-state index in [2.05, 4.69) is 20.8 Å². The number of hydrogen-bond donors (Lipinski definition) is 0. The van der Waals surface area contributed by atoms with Gasteiger partial charge in [-0.15, -0.1) is 0 Å². The van der Waals surface area contributed by atoms with Gasteiger partial charge in [0.15, 0.2) is 0 Å². The molecule has 0 aromatic rings. The minimum absolute atomic E-state index is 1.05. The predicted octanol–water partition coefficient (Wildman–Crippen LogP) is 12.9. The zero-order valence-electron chi connectivity index (χ0n) is 25.1. The fourth-order valence-corrected chi connectivity index (χ4v) is 8.54. The summed E-state index contributed by atoms with van der Waals surface area (Å²) in [6, 6.07) is 0. The van der Waals surface area contributed by atoms with Gasteiger partial charge in [0.25, 0.3) is 0 Å². The van der Waals surface area contributed by atoms with Crippen molar-refractivity contribution in [1.29, 1.82) is 0 Å². The molecule has 2 heteroatoms. The Bertz CT molecular complexity index is 371. The number of unbranched alkanes of at least 4 members (excludes halogenated alkanes) is 24. The molecule has 0 rings (SSSR count). The summed E-state index contributed by atoms with van der Waals surface area (Å²) in [5.74, 6) is 0. The smallest absolute Gasteiger partial charge is 0.0877 e. The summed E-state index contributed by atoms with van der Waals surface area (Å²) < 4.78 is 13.8. The van der Waals surface area contributed by atoms with Crippen LogP contribution in [0, 0.1) is 0 Å².